The van der Waals surface area contributed by atoms with Gasteiger partial charge in [0.1, 0.15) is 5.75 Å². The van der Waals surface area contributed by atoms with E-state index < -0.39 is 5.97 Å². The minimum absolute atomic E-state index is 0.0526. The summed E-state index contributed by atoms with van der Waals surface area (Å²) >= 11 is 0. The van der Waals surface area contributed by atoms with Crippen molar-refractivity contribution in [3.05, 3.63) is 23.8 Å². The maximum Gasteiger partial charge on any atom is 0.303 e. The Morgan fingerprint density at radius 1 is 1.60 bits per heavy atom. The summed E-state index contributed by atoms with van der Waals surface area (Å²) in [6.07, 6.45) is 0.876. The number of benzene rings is 1. The lowest BCUT2D eigenvalue weighted by Crippen LogP contribution is -2.23. The quantitative estimate of drug-likeness (QED) is 0.717. The highest BCUT2D eigenvalue weighted by Gasteiger charge is 2.23. The molecular weight excluding hydrogens is 194 g/mol. The van der Waals surface area contributed by atoms with Gasteiger partial charge >= 0.3 is 5.97 Å². The molecule has 0 aliphatic carbocycles. The fourth-order valence-corrected chi connectivity index (χ4v) is 1.89. The van der Waals surface area contributed by atoms with Crippen LogP contribution in [-0.4, -0.2) is 17.7 Å². The average Bonchev–Trinajstić information content (AvgIpc) is 2.17. The van der Waals surface area contributed by atoms with Gasteiger partial charge in [-0.1, -0.05) is 12.1 Å². The van der Waals surface area contributed by atoms with Gasteiger partial charge in [0, 0.05) is 5.92 Å². The van der Waals surface area contributed by atoms with Crippen LogP contribution in [0, 0.1) is 5.92 Å². The van der Waals surface area contributed by atoms with E-state index in [2.05, 4.69) is 0 Å². The standard InChI is InChI=1S/C11H13NO3/c12-9-3-1-2-8-4-7(5-10(13)14)6-15-11(8)9/h1-3,7H,4-6,12H2,(H,13,14). The molecule has 2 rings (SSSR count). The molecule has 3 N–H and O–H groups in total. The summed E-state index contributed by atoms with van der Waals surface area (Å²) in [4.78, 5) is 10.6. The first-order valence-corrected chi connectivity index (χ1v) is 4.89. The van der Waals surface area contributed by atoms with Gasteiger partial charge in [0.15, 0.2) is 0 Å². The number of anilines is 1. The lowest BCUT2D eigenvalue weighted by atomic mass is 9.94. The van der Waals surface area contributed by atoms with E-state index in [1.165, 1.54) is 0 Å². The van der Waals surface area contributed by atoms with Crippen LogP contribution in [0.2, 0.25) is 0 Å². The molecule has 0 fully saturated rings. The molecule has 1 aliphatic rings. The predicted molar refractivity (Wildman–Crippen MR) is 55.8 cm³/mol. The Hall–Kier alpha value is -1.71. The normalized spacial score (nSPS) is 19.1. The summed E-state index contributed by atoms with van der Waals surface area (Å²) in [7, 11) is 0. The second-order valence-electron chi connectivity index (χ2n) is 3.81. The smallest absolute Gasteiger partial charge is 0.303 e. The highest BCUT2D eigenvalue weighted by Crippen LogP contribution is 2.33. The predicted octanol–water partition coefficient (Wildman–Crippen LogP) is 1.29. The first-order valence-electron chi connectivity index (χ1n) is 4.89. The van der Waals surface area contributed by atoms with Crippen molar-refractivity contribution in [1.82, 2.24) is 0 Å². The zero-order chi connectivity index (χ0) is 10.8. The van der Waals surface area contributed by atoms with Crippen LogP contribution in [0.25, 0.3) is 0 Å². The summed E-state index contributed by atoms with van der Waals surface area (Å²) in [5, 5.41) is 8.69. The number of ether oxygens (including phenoxy) is 1. The Kier molecular flexibility index (Phi) is 2.49. The van der Waals surface area contributed by atoms with Crippen LogP contribution < -0.4 is 10.5 Å². The van der Waals surface area contributed by atoms with Crippen molar-refractivity contribution < 1.29 is 14.6 Å². The third-order valence-corrected chi connectivity index (χ3v) is 2.56. The minimum Gasteiger partial charge on any atom is -0.491 e. The van der Waals surface area contributed by atoms with Crippen molar-refractivity contribution in [1.29, 1.82) is 0 Å². The summed E-state index contributed by atoms with van der Waals surface area (Å²) in [6, 6.07) is 5.58. The molecular formula is C11H13NO3. The molecule has 80 valence electrons. The molecule has 0 saturated heterocycles. The number of carboxylic acids is 1. The van der Waals surface area contributed by atoms with Gasteiger partial charge in [-0.25, -0.2) is 0 Å². The highest BCUT2D eigenvalue weighted by molar-refractivity contribution is 5.67. The summed E-state index contributed by atoms with van der Waals surface area (Å²) in [6.45, 7) is 0.438. The van der Waals surface area contributed by atoms with E-state index in [0.29, 0.717) is 12.3 Å². The number of nitrogens with two attached hydrogens (primary N) is 1. The van der Waals surface area contributed by atoms with Crippen LogP contribution in [0.5, 0.6) is 5.75 Å². The van der Waals surface area contributed by atoms with Gasteiger partial charge in [-0.15, -0.1) is 0 Å². The van der Waals surface area contributed by atoms with Crippen LogP contribution in [0.4, 0.5) is 5.69 Å². The van der Waals surface area contributed by atoms with Crippen LogP contribution in [0.3, 0.4) is 0 Å². The Balaban J connectivity index is 2.17. The monoisotopic (exact) mass is 207 g/mol. The average molecular weight is 207 g/mol. The zero-order valence-electron chi connectivity index (χ0n) is 8.27. The molecule has 4 heteroatoms. The molecule has 1 aromatic rings. The summed E-state index contributed by atoms with van der Waals surface area (Å²) in [5.74, 6) is -0.00751. The van der Waals surface area contributed by atoms with Crippen LogP contribution in [0.15, 0.2) is 18.2 Å². The van der Waals surface area contributed by atoms with Crippen LogP contribution >= 0.6 is 0 Å². The number of carbonyl (C=O) groups is 1. The molecule has 4 nitrogen and oxygen atoms in total. The molecule has 0 spiro atoms. The second-order valence-corrected chi connectivity index (χ2v) is 3.81. The molecule has 1 aliphatic heterocycles. The fourth-order valence-electron chi connectivity index (χ4n) is 1.89. The van der Waals surface area contributed by atoms with E-state index in [9.17, 15) is 4.79 Å². The number of hydrogen-bond donors (Lipinski definition) is 2. The van der Waals surface area contributed by atoms with Crippen LogP contribution in [-0.2, 0) is 11.2 Å². The van der Waals surface area contributed by atoms with Gasteiger partial charge in [0.2, 0.25) is 0 Å². The van der Waals surface area contributed by atoms with Crippen molar-refractivity contribution in [3.8, 4) is 5.75 Å². The molecule has 0 saturated carbocycles. The Bertz CT molecular complexity index is 389. The van der Waals surface area contributed by atoms with E-state index >= 15 is 0 Å². The molecule has 15 heavy (non-hydrogen) atoms. The Morgan fingerprint density at radius 3 is 3.13 bits per heavy atom. The van der Waals surface area contributed by atoms with Crippen molar-refractivity contribution in [2.24, 2.45) is 5.92 Å². The van der Waals surface area contributed by atoms with Crippen LogP contribution in [0.1, 0.15) is 12.0 Å². The lowest BCUT2D eigenvalue weighted by molar-refractivity contribution is -0.138. The van der Waals surface area contributed by atoms with Crippen molar-refractivity contribution in [2.45, 2.75) is 12.8 Å². The number of para-hydroxylation sites is 1. The van der Waals surface area contributed by atoms with E-state index in [4.69, 9.17) is 15.6 Å². The number of fused-ring (bicyclic) bond motifs is 1. The van der Waals surface area contributed by atoms with E-state index in [1.807, 2.05) is 12.1 Å². The highest BCUT2D eigenvalue weighted by atomic mass is 16.5. The molecule has 0 amide bonds. The van der Waals surface area contributed by atoms with E-state index in [0.717, 1.165) is 17.7 Å². The van der Waals surface area contributed by atoms with Gasteiger partial charge in [0.25, 0.3) is 0 Å². The lowest BCUT2D eigenvalue weighted by Gasteiger charge is -2.25. The van der Waals surface area contributed by atoms with Gasteiger partial charge < -0.3 is 15.6 Å². The fraction of sp³-hybridized carbons (Fsp3) is 0.364. The Morgan fingerprint density at radius 2 is 2.40 bits per heavy atom. The van der Waals surface area contributed by atoms with Crippen molar-refractivity contribution in [2.75, 3.05) is 12.3 Å². The zero-order valence-corrected chi connectivity index (χ0v) is 8.27. The van der Waals surface area contributed by atoms with Gasteiger partial charge in [0.05, 0.1) is 18.7 Å². The number of aliphatic carboxylic acids is 1. The Labute approximate surface area is 87.7 Å². The molecule has 1 aromatic carbocycles. The molecule has 0 aromatic heterocycles. The molecule has 1 atom stereocenters. The molecule has 1 heterocycles. The number of carboxylic acid groups (broad SMARTS) is 1. The van der Waals surface area contributed by atoms with E-state index in [-0.39, 0.29) is 12.3 Å². The van der Waals surface area contributed by atoms with E-state index in [1.54, 1.807) is 6.07 Å². The molecule has 1 unspecified atom stereocenters. The largest absolute Gasteiger partial charge is 0.491 e. The summed E-state index contributed by atoms with van der Waals surface area (Å²) < 4.78 is 5.48. The minimum atomic E-state index is -0.782. The SMILES string of the molecule is Nc1cccc2c1OCC(CC(=O)O)C2. The van der Waals surface area contributed by atoms with Gasteiger partial charge in [-0.05, 0) is 18.1 Å². The maximum absolute atomic E-state index is 10.6. The number of hydrogen-bond acceptors (Lipinski definition) is 3. The first kappa shape index (κ1) is 9.83. The van der Waals surface area contributed by atoms with Gasteiger partial charge in [-0.2, -0.15) is 0 Å². The summed E-state index contributed by atoms with van der Waals surface area (Å²) in [5.41, 5.74) is 7.38. The third kappa shape index (κ3) is 2.03. The topological polar surface area (TPSA) is 72.5 Å². The first-order chi connectivity index (χ1) is 7.16. The number of nitrogen functional groups attached to an aromatic ring is 1. The van der Waals surface area contributed by atoms with Crippen molar-refractivity contribution in [3.63, 3.8) is 0 Å². The third-order valence-electron chi connectivity index (χ3n) is 2.56. The maximum atomic E-state index is 10.6. The number of rotatable bonds is 2. The second kappa shape index (κ2) is 3.81. The molecule has 0 bridgehead atoms. The van der Waals surface area contributed by atoms with Crippen molar-refractivity contribution >= 4 is 11.7 Å². The van der Waals surface area contributed by atoms with Gasteiger partial charge in [-0.3, -0.25) is 4.79 Å². The molecule has 0 radical (unpaired) electrons.